The number of ether oxygens (including phenoxy) is 2. The van der Waals surface area contributed by atoms with E-state index in [4.69, 9.17) is 14.6 Å². The molecule has 1 aliphatic rings. The summed E-state index contributed by atoms with van der Waals surface area (Å²) in [6, 6.07) is 0. The van der Waals surface area contributed by atoms with Crippen LogP contribution in [0.5, 0.6) is 0 Å². The van der Waals surface area contributed by atoms with Gasteiger partial charge in [-0.2, -0.15) is 0 Å². The Kier molecular flexibility index (Phi) is 3.38. The lowest BCUT2D eigenvalue weighted by Gasteiger charge is -2.42. The smallest absolute Gasteiger partial charge is 0.173 e. The minimum Gasteiger partial charge on any atom is -0.394 e. The molecular weight excluding hydrogens is 174 g/mol. The van der Waals surface area contributed by atoms with E-state index in [1.165, 1.54) is 14.0 Å². The van der Waals surface area contributed by atoms with Crippen LogP contribution in [-0.2, 0) is 14.3 Å². The molecule has 76 valence electrons. The van der Waals surface area contributed by atoms with Crippen molar-refractivity contribution in [1.82, 2.24) is 5.32 Å². The lowest BCUT2D eigenvalue weighted by atomic mass is 9.98. The third-order valence-electron chi connectivity index (χ3n) is 2.10. The van der Waals surface area contributed by atoms with Gasteiger partial charge in [0, 0.05) is 7.11 Å². The molecule has 0 aromatic carbocycles. The second kappa shape index (κ2) is 4.15. The molecule has 1 saturated heterocycles. The summed E-state index contributed by atoms with van der Waals surface area (Å²) in [5, 5.41) is 12.0. The Morgan fingerprint density at radius 2 is 2.38 bits per heavy atom. The number of aliphatic hydroxyl groups excluding tert-OH is 1. The number of carbonyl (C=O) groups excluding carboxylic acids is 1. The first-order chi connectivity index (χ1) is 6.13. The molecule has 0 aliphatic carbocycles. The van der Waals surface area contributed by atoms with Crippen LogP contribution in [0.2, 0.25) is 0 Å². The van der Waals surface area contributed by atoms with Crippen molar-refractivity contribution < 1.29 is 19.4 Å². The molecule has 0 aromatic rings. The molecule has 1 rings (SSSR count). The Morgan fingerprint density at radius 1 is 1.77 bits per heavy atom. The van der Waals surface area contributed by atoms with E-state index >= 15 is 0 Å². The molecule has 1 unspecified atom stereocenters. The number of aliphatic hydroxyl groups is 1. The van der Waals surface area contributed by atoms with Crippen LogP contribution in [0.1, 0.15) is 6.92 Å². The van der Waals surface area contributed by atoms with E-state index in [-0.39, 0.29) is 12.4 Å². The molecule has 1 aliphatic heterocycles. The lowest BCUT2D eigenvalue weighted by molar-refractivity contribution is -0.144. The molecule has 13 heavy (non-hydrogen) atoms. The van der Waals surface area contributed by atoms with Gasteiger partial charge in [0.15, 0.2) is 12.0 Å². The van der Waals surface area contributed by atoms with Crippen LogP contribution in [0.25, 0.3) is 0 Å². The molecule has 0 bridgehead atoms. The molecular formula is C8H15NO4. The Labute approximate surface area is 77.0 Å². The zero-order chi connectivity index (χ0) is 9.90. The van der Waals surface area contributed by atoms with Gasteiger partial charge in [0.2, 0.25) is 0 Å². The van der Waals surface area contributed by atoms with Crippen molar-refractivity contribution in [2.75, 3.05) is 26.9 Å². The molecule has 0 radical (unpaired) electrons. The van der Waals surface area contributed by atoms with Crippen molar-refractivity contribution in [3.05, 3.63) is 0 Å². The van der Waals surface area contributed by atoms with E-state index in [0.717, 1.165) is 0 Å². The van der Waals surface area contributed by atoms with E-state index in [0.29, 0.717) is 13.2 Å². The Morgan fingerprint density at radius 3 is 2.62 bits per heavy atom. The summed E-state index contributed by atoms with van der Waals surface area (Å²) < 4.78 is 9.88. The number of Topliss-reactive ketones (excluding diaryl/α,β-unsaturated/α-hetero) is 1. The Bertz CT molecular complexity index is 185. The zero-order valence-electron chi connectivity index (χ0n) is 7.87. The van der Waals surface area contributed by atoms with E-state index in [2.05, 4.69) is 5.32 Å². The van der Waals surface area contributed by atoms with Crippen molar-refractivity contribution in [3.63, 3.8) is 0 Å². The fraction of sp³-hybridized carbons (Fsp3) is 0.875. The second-order valence-electron chi connectivity index (χ2n) is 3.30. The Balaban J connectivity index is 2.48. The number of ketones is 1. The topological polar surface area (TPSA) is 67.8 Å². The predicted octanol–water partition coefficient (Wildman–Crippen LogP) is -1.10. The highest BCUT2D eigenvalue weighted by Gasteiger charge is 2.40. The summed E-state index contributed by atoms with van der Waals surface area (Å²) >= 11 is 0. The van der Waals surface area contributed by atoms with E-state index < -0.39 is 11.8 Å². The standard InChI is InChI=1S/C8H15NO4/c1-6(11)7(12-2)9-8(3-10)4-13-5-8/h7,9-10H,3-5H2,1-2H3. The SMILES string of the molecule is COC(NC1(CO)COC1)C(C)=O. The minimum atomic E-state index is -0.656. The maximum Gasteiger partial charge on any atom is 0.173 e. The summed E-state index contributed by atoms with van der Waals surface area (Å²) in [7, 11) is 1.45. The lowest BCUT2D eigenvalue weighted by Crippen LogP contribution is -2.66. The van der Waals surface area contributed by atoms with Crippen molar-refractivity contribution in [2.45, 2.75) is 18.7 Å². The van der Waals surface area contributed by atoms with Crippen LogP contribution in [0.4, 0.5) is 0 Å². The maximum absolute atomic E-state index is 11.0. The second-order valence-corrected chi connectivity index (χ2v) is 3.30. The van der Waals surface area contributed by atoms with Gasteiger partial charge in [-0.25, -0.2) is 0 Å². The first-order valence-corrected chi connectivity index (χ1v) is 4.13. The van der Waals surface area contributed by atoms with Gasteiger partial charge in [-0.3, -0.25) is 10.1 Å². The van der Waals surface area contributed by atoms with Gasteiger partial charge in [-0.1, -0.05) is 0 Å². The molecule has 0 aromatic heterocycles. The van der Waals surface area contributed by atoms with Gasteiger partial charge >= 0.3 is 0 Å². The van der Waals surface area contributed by atoms with Crippen molar-refractivity contribution in [2.24, 2.45) is 0 Å². The average molecular weight is 189 g/mol. The first kappa shape index (κ1) is 10.6. The van der Waals surface area contributed by atoms with Gasteiger partial charge in [0.1, 0.15) is 0 Å². The zero-order valence-corrected chi connectivity index (χ0v) is 7.87. The fourth-order valence-corrected chi connectivity index (χ4v) is 1.17. The molecule has 0 spiro atoms. The van der Waals surface area contributed by atoms with Crippen LogP contribution in [0.3, 0.4) is 0 Å². The van der Waals surface area contributed by atoms with Crippen LogP contribution in [0.15, 0.2) is 0 Å². The van der Waals surface area contributed by atoms with Gasteiger partial charge in [0.05, 0.1) is 25.4 Å². The highest BCUT2D eigenvalue weighted by atomic mass is 16.5. The highest BCUT2D eigenvalue weighted by Crippen LogP contribution is 2.16. The minimum absolute atomic E-state index is 0.0554. The number of nitrogens with one attached hydrogen (secondary N) is 1. The van der Waals surface area contributed by atoms with Gasteiger partial charge < -0.3 is 14.6 Å². The number of hydrogen-bond acceptors (Lipinski definition) is 5. The Hall–Kier alpha value is -0.490. The van der Waals surface area contributed by atoms with Crippen molar-refractivity contribution >= 4 is 5.78 Å². The maximum atomic E-state index is 11.0. The quantitative estimate of drug-likeness (QED) is 0.537. The fourth-order valence-electron chi connectivity index (χ4n) is 1.17. The molecule has 1 atom stereocenters. The van der Waals surface area contributed by atoms with Crippen LogP contribution < -0.4 is 5.32 Å². The third kappa shape index (κ3) is 2.25. The van der Waals surface area contributed by atoms with Crippen LogP contribution in [-0.4, -0.2) is 49.6 Å². The highest BCUT2D eigenvalue weighted by molar-refractivity contribution is 5.80. The van der Waals surface area contributed by atoms with Gasteiger partial charge in [-0.05, 0) is 6.92 Å². The summed E-state index contributed by atoms with van der Waals surface area (Å²) in [6.45, 7) is 2.21. The molecule has 0 saturated carbocycles. The number of hydrogen-bond donors (Lipinski definition) is 2. The molecule has 1 fully saturated rings. The van der Waals surface area contributed by atoms with Gasteiger partial charge in [0.25, 0.3) is 0 Å². The average Bonchev–Trinajstić information content (AvgIpc) is 2.03. The number of carbonyl (C=O) groups is 1. The number of rotatable bonds is 5. The summed E-state index contributed by atoms with van der Waals surface area (Å²) in [6.07, 6.45) is -0.656. The third-order valence-corrected chi connectivity index (χ3v) is 2.10. The summed E-state index contributed by atoms with van der Waals surface area (Å²) in [5.41, 5.74) is -0.494. The number of methoxy groups -OCH3 is 1. The van der Waals surface area contributed by atoms with Crippen LogP contribution >= 0.6 is 0 Å². The molecule has 0 amide bonds. The van der Waals surface area contributed by atoms with Crippen molar-refractivity contribution in [3.8, 4) is 0 Å². The molecule has 5 heteroatoms. The van der Waals surface area contributed by atoms with E-state index in [1.807, 2.05) is 0 Å². The monoisotopic (exact) mass is 189 g/mol. The molecule has 2 N–H and O–H groups in total. The largest absolute Gasteiger partial charge is 0.394 e. The summed E-state index contributed by atoms with van der Waals surface area (Å²) in [4.78, 5) is 11.0. The van der Waals surface area contributed by atoms with Crippen molar-refractivity contribution in [1.29, 1.82) is 0 Å². The predicted molar refractivity (Wildman–Crippen MR) is 45.2 cm³/mol. The van der Waals surface area contributed by atoms with Gasteiger partial charge in [-0.15, -0.1) is 0 Å². The molecule has 1 heterocycles. The van der Waals surface area contributed by atoms with E-state index in [9.17, 15) is 4.79 Å². The normalized spacial score (nSPS) is 22.1. The first-order valence-electron chi connectivity index (χ1n) is 4.13. The van der Waals surface area contributed by atoms with Crippen LogP contribution in [0, 0.1) is 0 Å². The summed E-state index contributed by atoms with van der Waals surface area (Å²) in [5.74, 6) is -0.109. The van der Waals surface area contributed by atoms with E-state index in [1.54, 1.807) is 0 Å². The molecule has 5 nitrogen and oxygen atoms in total.